The lowest BCUT2D eigenvalue weighted by atomic mass is 10.2. The van der Waals surface area contributed by atoms with Crippen molar-refractivity contribution in [2.45, 2.75) is 0 Å². The second-order valence-corrected chi connectivity index (χ2v) is 2.06. The van der Waals surface area contributed by atoms with E-state index in [0.29, 0.717) is 0 Å². The molecule has 5 heteroatoms. The van der Waals surface area contributed by atoms with Gasteiger partial charge >= 0.3 is 0 Å². The van der Waals surface area contributed by atoms with Gasteiger partial charge in [-0.15, -0.1) is 0 Å². The van der Waals surface area contributed by atoms with E-state index in [1.807, 2.05) is 0 Å². The third-order valence-electron chi connectivity index (χ3n) is 1.29. The van der Waals surface area contributed by atoms with Gasteiger partial charge in [0.1, 0.15) is 11.3 Å². The average molecular weight is 166 g/mol. The number of hydrogen-bond acceptors (Lipinski definition) is 4. The van der Waals surface area contributed by atoms with Crippen molar-refractivity contribution in [1.29, 1.82) is 0 Å². The Bertz CT molecular complexity index is 334. The molecule has 0 spiro atoms. The molecular weight excluding hydrogens is 162 g/mol. The molecule has 5 nitrogen and oxygen atoms in total. The molecule has 0 aliphatic carbocycles. The van der Waals surface area contributed by atoms with Crippen LogP contribution in [0.5, 0.6) is 5.75 Å². The molecule has 0 atom stereocenters. The Kier molecular flexibility index (Phi) is 2.05. The van der Waals surface area contributed by atoms with E-state index in [1.165, 1.54) is 6.29 Å². The van der Waals surface area contributed by atoms with E-state index in [1.54, 1.807) is 0 Å². The molecule has 0 saturated carbocycles. The fraction of sp³-hybridized carbons (Fsp3) is 0. The second-order valence-electron chi connectivity index (χ2n) is 2.06. The molecule has 0 aliphatic heterocycles. The monoisotopic (exact) mass is 166 g/mol. The van der Waals surface area contributed by atoms with Crippen LogP contribution in [0.4, 0.5) is 5.69 Å². The Morgan fingerprint density at radius 1 is 1.50 bits per heavy atom. The zero-order valence-electron chi connectivity index (χ0n) is 5.85. The predicted octanol–water partition coefficient (Wildman–Crippen LogP) is 0.758. The molecule has 0 unspecified atom stereocenters. The van der Waals surface area contributed by atoms with Gasteiger partial charge in [0.25, 0.3) is 5.69 Å². The van der Waals surface area contributed by atoms with Gasteiger partial charge in [-0.1, -0.05) is 0 Å². The molecule has 0 fully saturated rings. The molecule has 1 N–H and O–H groups in total. The lowest BCUT2D eigenvalue weighted by Gasteiger charge is -1.94. The summed E-state index contributed by atoms with van der Waals surface area (Å²) in [6.45, 7) is 0. The highest BCUT2D eigenvalue weighted by molar-refractivity contribution is 5.82. The molecular formula is C7H4NO4. The van der Waals surface area contributed by atoms with Gasteiger partial charge in [-0.2, -0.15) is 0 Å². The van der Waals surface area contributed by atoms with Gasteiger partial charge in [0.05, 0.1) is 4.92 Å². The van der Waals surface area contributed by atoms with E-state index in [4.69, 9.17) is 5.11 Å². The third kappa shape index (κ3) is 1.39. The van der Waals surface area contributed by atoms with Crippen molar-refractivity contribution >= 4 is 12.0 Å². The molecule has 0 bridgehead atoms. The average Bonchev–Trinajstić information content (AvgIpc) is 2.03. The fourth-order valence-corrected chi connectivity index (χ4v) is 0.765. The third-order valence-corrected chi connectivity index (χ3v) is 1.29. The van der Waals surface area contributed by atoms with Crippen LogP contribution in [0, 0.1) is 10.1 Å². The van der Waals surface area contributed by atoms with E-state index < -0.39 is 4.92 Å². The minimum absolute atomic E-state index is 0.195. The van der Waals surface area contributed by atoms with Crippen molar-refractivity contribution in [3.8, 4) is 5.75 Å². The van der Waals surface area contributed by atoms with Crippen LogP contribution < -0.4 is 0 Å². The van der Waals surface area contributed by atoms with Gasteiger partial charge in [-0.05, 0) is 12.1 Å². The Labute approximate surface area is 67.4 Å². The molecule has 1 radical (unpaired) electrons. The van der Waals surface area contributed by atoms with Crippen LogP contribution in [0.2, 0.25) is 0 Å². The molecule has 1 rings (SSSR count). The Morgan fingerprint density at radius 2 is 2.17 bits per heavy atom. The van der Waals surface area contributed by atoms with Crippen molar-refractivity contribution in [1.82, 2.24) is 0 Å². The molecule has 0 aromatic heterocycles. The van der Waals surface area contributed by atoms with E-state index in [-0.39, 0.29) is 17.0 Å². The van der Waals surface area contributed by atoms with Crippen LogP contribution in [-0.4, -0.2) is 16.3 Å². The maximum Gasteiger partial charge on any atom is 0.280 e. The normalized spacial score (nSPS) is 9.33. The highest BCUT2D eigenvalue weighted by Gasteiger charge is 2.13. The summed E-state index contributed by atoms with van der Waals surface area (Å²) in [7, 11) is 0. The first-order valence-electron chi connectivity index (χ1n) is 3.00. The smallest absolute Gasteiger partial charge is 0.280 e. The fourth-order valence-electron chi connectivity index (χ4n) is 0.765. The number of aromatic hydroxyl groups is 1. The topological polar surface area (TPSA) is 80.4 Å². The van der Waals surface area contributed by atoms with E-state index in [2.05, 4.69) is 0 Å². The lowest BCUT2D eigenvalue weighted by molar-refractivity contribution is -0.385. The van der Waals surface area contributed by atoms with Crippen molar-refractivity contribution in [2.24, 2.45) is 0 Å². The summed E-state index contributed by atoms with van der Waals surface area (Å²) in [6.07, 6.45) is 1.37. The van der Waals surface area contributed by atoms with Gasteiger partial charge in [-0.25, -0.2) is 0 Å². The molecule has 1 aromatic carbocycles. The van der Waals surface area contributed by atoms with E-state index in [9.17, 15) is 14.9 Å². The van der Waals surface area contributed by atoms with Crippen LogP contribution >= 0.6 is 0 Å². The molecule has 0 aliphatic rings. The number of rotatable bonds is 2. The molecule has 0 amide bonds. The van der Waals surface area contributed by atoms with Crippen molar-refractivity contribution in [3.63, 3.8) is 0 Å². The van der Waals surface area contributed by atoms with Crippen molar-refractivity contribution < 1.29 is 14.8 Å². The standard InChI is InChI=1S/C7H4NO4/c9-4-5-3-6(10)1-2-7(5)8(11)12/h1-3,10H. The van der Waals surface area contributed by atoms with Gasteiger partial charge in [0.15, 0.2) is 0 Å². The van der Waals surface area contributed by atoms with Crippen LogP contribution in [0.25, 0.3) is 0 Å². The second kappa shape index (κ2) is 3.00. The SMILES string of the molecule is O=[C]c1cc(O)ccc1[N+](=O)[O-]. The van der Waals surface area contributed by atoms with Gasteiger partial charge in [0, 0.05) is 6.07 Å². The largest absolute Gasteiger partial charge is 0.508 e. The van der Waals surface area contributed by atoms with Gasteiger partial charge in [-0.3, -0.25) is 14.9 Å². The molecule has 0 saturated heterocycles. The lowest BCUT2D eigenvalue weighted by Crippen LogP contribution is -1.93. The highest BCUT2D eigenvalue weighted by Crippen LogP contribution is 2.20. The number of benzene rings is 1. The summed E-state index contributed by atoms with van der Waals surface area (Å²) in [5.74, 6) is -0.195. The van der Waals surface area contributed by atoms with Crippen LogP contribution in [-0.2, 0) is 4.79 Å². The molecule has 61 valence electrons. The minimum Gasteiger partial charge on any atom is -0.508 e. The molecule has 1 aromatic rings. The number of nitro benzene ring substituents is 1. The summed E-state index contributed by atoms with van der Waals surface area (Å²) in [5.41, 5.74) is -0.609. The quantitative estimate of drug-likeness (QED) is 0.519. The summed E-state index contributed by atoms with van der Waals surface area (Å²) in [6, 6.07) is 3.18. The number of phenols is 1. The maximum atomic E-state index is 10.2. The molecule has 0 heterocycles. The number of hydrogen-bond donors (Lipinski definition) is 1. The Morgan fingerprint density at radius 3 is 2.67 bits per heavy atom. The number of phenolic OH excluding ortho intramolecular Hbond substituents is 1. The first-order chi connectivity index (χ1) is 5.65. The predicted molar refractivity (Wildman–Crippen MR) is 39.6 cm³/mol. The van der Waals surface area contributed by atoms with Gasteiger partial charge in [0.2, 0.25) is 6.29 Å². The van der Waals surface area contributed by atoms with Crippen LogP contribution in [0.3, 0.4) is 0 Å². The Hall–Kier alpha value is -1.91. The number of carbonyl (C=O) groups excluding carboxylic acids is 1. The first kappa shape index (κ1) is 8.19. The van der Waals surface area contributed by atoms with Crippen molar-refractivity contribution in [2.75, 3.05) is 0 Å². The van der Waals surface area contributed by atoms with Gasteiger partial charge < -0.3 is 5.11 Å². The first-order valence-corrected chi connectivity index (χ1v) is 3.00. The number of nitrogens with zero attached hydrogens (tertiary/aromatic N) is 1. The summed E-state index contributed by atoms with van der Waals surface area (Å²) < 4.78 is 0. The van der Waals surface area contributed by atoms with Crippen molar-refractivity contribution in [3.05, 3.63) is 33.9 Å². The van der Waals surface area contributed by atoms with E-state index >= 15 is 0 Å². The molecule has 12 heavy (non-hydrogen) atoms. The summed E-state index contributed by atoms with van der Waals surface area (Å²) in [4.78, 5) is 19.7. The van der Waals surface area contributed by atoms with Crippen LogP contribution in [0.15, 0.2) is 18.2 Å². The highest BCUT2D eigenvalue weighted by atomic mass is 16.6. The summed E-state index contributed by atoms with van der Waals surface area (Å²) in [5, 5.41) is 19.1. The maximum absolute atomic E-state index is 10.2. The van der Waals surface area contributed by atoms with E-state index in [0.717, 1.165) is 18.2 Å². The minimum atomic E-state index is -0.709. The zero-order chi connectivity index (χ0) is 9.14. The van der Waals surface area contributed by atoms with Crippen LogP contribution in [0.1, 0.15) is 5.56 Å². The Balaban J connectivity index is 3.29. The zero-order valence-corrected chi connectivity index (χ0v) is 5.85. The summed E-state index contributed by atoms with van der Waals surface area (Å²) >= 11 is 0. The number of nitro groups is 1.